The van der Waals surface area contributed by atoms with Gasteiger partial charge in [0.1, 0.15) is 5.82 Å². The largest absolute Gasteiger partial charge is 0.483 e. The summed E-state index contributed by atoms with van der Waals surface area (Å²) in [6.07, 6.45) is 5.64. The van der Waals surface area contributed by atoms with Crippen LogP contribution in [-0.4, -0.2) is 58.4 Å². The molecule has 9 nitrogen and oxygen atoms in total. The van der Waals surface area contributed by atoms with Gasteiger partial charge in [0.15, 0.2) is 11.6 Å². The van der Waals surface area contributed by atoms with Gasteiger partial charge in [-0.15, -0.1) is 0 Å². The van der Waals surface area contributed by atoms with Crippen LogP contribution in [0.5, 0.6) is 0 Å². The summed E-state index contributed by atoms with van der Waals surface area (Å²) < 4.78 is 6.39. The number of allylic oxidation sites excluding steroid dienone is 2. The highest BCUT2D eigenvalue weighted by atomic mass is 16.5. The van der Waals surface area contributed by atoms with E-state index in [9.17, 15) is 4.79 Å². The number of likely N-dealkylation sites (tertiary alicyclic amines) is 1. The molecule has 0 bridgehead atoms. The Kier molecular flexibility index (Phi) is 5.88. The van der Waals surface area contributed by atoms with Crippen LogP contribution in [0.25, 0.3) is 17.2 Å². The number of pyridine rings is 1. The fraction of sp³-hybridized carbons (Fsp3) is 0.350. The molecule has 1 amide bonds. The third-order valence-electron chi connectivity index (χ3n) is 4.85. The van der Waals surface area contributed by atoms with Crippen molar-refractivity contribution >= 4 is 11.7 Å². The van der Waals surface area contributed by atoms with Gasteiger partial charge in [0.05, 0.1) is 24.0 Å². The number of carbonyl (C=O) groups is 1. The number of rotatable bonds is 6. The van der Waals surface area contributed by atoms with E-state index in [2.05, 4.69) is 20.3 Å². The van der Waals surface area contributed by atoms with Gasteiger partial charge in [-0.2, -0.15) is 5.10 Å². The topological polar surface area (TPSA) is 124 Å². The maximum Gasteiger partial charge on any atom is 0.272 e. The average molecular weight is 397 g/mol. The van der Waals surface area contributed by atoms with Crippen molar-refractivity contribution in [2.45, 2.75) is 18.9 Å². The number of hydrogen-bond acceptors (Lipinski definition) is 7. The van der Waals surface area contributed by atoms with Crippen LogP contribution >= 0.6 is 0 Å². The van der Waals surface area contributed by atoms with Gasteiger partial charge >= 0.3 is 0 Å². The number of nitrogens with zero attached hydrogens (tertiary/aromatic N) is 4. The Morgan fingerprint density at radius 3 is 2.76 bits per heavy atom. The molecule has 0 aliphatic carbocycles. The van der Waals surface area contributed by atoms with Crippen LogP contribution in [0.15, 0.2) is 48.5 Å². The lowest BCUT2D eigenvalue weighted by Crippen LogP contribution is -2.47. The highest BCUT2D eigenvalue weighted by Crippen LogP contribution is 2.23. The molecule has 5 N–H and O–H groups in total. The molecule has 2 aromatic heterocycles. The first-order chi connectivity index (χ1) is 13.8. The maximum absolute atomic E-state index is 12.9. The second kappa shape index (κ2) is 8.36. The Bertz CT molecular complexity index is 936. The lowest BCUT2D eigenvalue weighted by molar-refractivity contribution is 0.0904. The molecule has 0 radical (unpaired) electrons. The number of likely N-dealkylation sites (N-methyl/N-ethyl adjacent to an activating group) is 1. The Morgan fingerprint density at radius 2 is 2.14 bits per heavy atom. The number of carbonyl (C=O) groups excluding carboxylic acids is 1. The minimum absolute atomic E-state index is 0.204. The van der Waals surface area contributed by atoms with Crippen molar-refractivity contribution in [3.8, 4) is 11.4 Å². The lowest BCUT2D eigenvalue weighted by Gasteiger charge is -2.24. The van der Waals surface area contributed by atoms with Crippen LogP contribution in [0.3, 0.4) is 0 Å². The molecule has 0 aromatic carbocycles. The Morgan fingerprint density at radius 1 is 1.34 bits per heavy atom. The highest BCUT2D eigenvalue weighted by Gasteiger charge is 2.34. The summed E-state index contributed by atoms with van der Waals surface area (Å²) in [6, 6.07) is 7.19. The van der Waals surface area contributed by atoms with Crippen molar-refractivity contribution in [3.05, 3.63) is 54.2 Å². The molecule has 1 unspecified atom stereocenters. The summed E-state index contributed by atoms with van der Waals surface area (Å²) in [5, 5.41) is 7.53. The van der Waals surface area contributed by atoms with Gasteiger partial charge in [0.25, 0.3) is 5.91 Å². The van der Waals surface area contributed by atoms with E-state index in [1.807, 2.05) is 32.2 Å². The van der Waals surface area contributed by atoms with E-state index < -0.39 is 0 Å². The van der Waals surface area contributed by atoms with E-state index in [0.29, 0.717) is 11.4 Å². The van der Waals surface area contributed by atoms with Gasteiger partial charge in [0, 0.05) is 25.4 Å². The molecule has 3 rings (SSSR count). The number of nitrogens with one attached hydrogen (secondary N) is 1. The van der Waals surface area contributed by atoms with Crippen molar-refractivity contribution in [1.82, 2.24) is 25.0 Å². The van der Waals surface area contributed by atoms with Crippen LogP contribution in [0, 0.1) is 0 Å². The molecule has 1 saturated heterocycles. The minimum atomic E-state index is -0.294. The minimum Gasteiger partial charge on any atom is -0.483 e. The zero-order valence-corrected chi connectivity index (χ0v) is 16.9. The van der Waals surface area contributed by atoms with Gasteiger partial charge in [-0.3, -0.25) is 9.78 Å². The van der Waals surface area contributed by atoms with Crippen molar-refractivity contribution in [2.24, 2.45) is 11.5 Å². The van der Waals surface area contributed by atoms with Gasteiger partial charge < -0.3 is 26.4 Å². The molecular weight excluding hydrogens is 370 g/mol. The summed E-state index contributed by atoms with van der Waals surface area (Å²) in [7, 11) is 3.50. The summed E-state index contributed by atoms with van der Waals surface area (Å²) >= 11 is 0. The number of hydrogen-bond donors (Lipinski definition) is 3. The summed E-state index contributed by atoms with van der Waals surface area (Å²) in [4.78, 5) is 19.4. The van der Waals surface area contributed by atoms with Crippen LogP contribution in [0.4, 0.5) is 0 Å². The van der Waals surface area contributed by atoms with Crippen molar-refractivity contribution < 1.29 is 9.53 Å². The first kappa shape index (κ1) is 20.4. The number of ether oxygens (including phenoxy) is 1. The summed E-state index contributed by atoms with van der Waals surface area (Å²) in [5.74, 6) is 0.228. The fourth-order valence-corrected chi connectivity index (χ4v) is 3.32. The van der Waals surface area contributed by atoms with Crippen LogP contribution in [-0.2, 0) is 4.74 Å². The molecule has 1 fully saturated rings. The Labute approximate surface area is 170 Å². The van der Waals surface area contributed by atoms with E-state index in [1.54, 1.807) is 18.3 Å². The van der Waals surface area contributed by atoms with Crippen LogP contribution in [0.2, 0.25) is 0 Å². The molecule has 9 heteroatoms. The molecule has 1 atom stereocenters. The third-order valence-corrected chi connectivity index (χ3v) is 4.85. The second-order valence-electron chi connectivity index (χ2n) is 7.41. The number of aromatic nitrogens is 3. The molecule has 0 saturated carbocycles. The van der Waals surface area contributed by atoms with E-state index in [4.69, 9.17) is 16.2 Å². The second-order valence-corrected chi connectivity index (χ2v) is 7.41. The summed E-state index contributed by atoms with van der Waals surface area (Å²) in [6.45, 7) is 3.76. The van der Waals surface area contributed by atoms with Crippen LogP contribution < -0.4 is 16.8 Å². The SMILES string of the molecule is CO/C(N)=C/C=C(\N)n1nc(C(=O)NC2(C)CCN(C)C2)cc1-c1ccccn1. The van der Waals surface area contributed by atoms with Crippen molar-refractivity contribution in [3.63, 3.8) is 0 Å². The molecule has 3 heterocycles. The smallest absolute Gasteiger partial charge is 0.272 e. The maximum atomic E-state index is 12.9. The monoisotopic (exact) mass is 397 g/mol. The molecule has 1 aliphatic heterocycles. The first-order valence-corrected chi connectivity index (χ1v) is 9.31. The number of amides is 1. The standard InChI is InChI=1S/C20H27N7O2/c1-20(9-11-26(2)13-20)24-19(28)15-12-16(14-6-4-5-10-23-14)27(25-15)17(21)7-8-18(22)29-3/h4-8,10,12H,9,11,13,21-22H2,1-3H3,(H,24,28)/b17-7+,18-8+. The zero-order valence-electron chi connectivity index (χ0n) is 16.9. The molecular formula is C20H27N7O2. The molecule has 0 spiro atoms. The molecule has 154 valence electrons. The fourth-order valence-electron chi connectivity index (χ4n) is 3.32. The number of methoxy groups -OCH3 is 1. The third kappa shape index (κ3) is 4.75. The summed E-state index contributed by atoms with van der Waals surface area (Å²) in [5.41, 5.74) is 13.1. The van der Waals surface area contributed by atoms with Gasteiger partial charge in [0.2, 0.25) is 0 Å². The average Bonchev–Trinajstić information content (AvgIpc) is 3.30. The molecule has 29 heavy (non-hydrogen) atoms. The van der Waals surface area contributed by atoms with Crippen molar-refractivity contribution in [1.29, 1.82) is 0 Å². The molecule has 1 aliphatic rings. The Balaban J connectivity index is 1.95. The normalized spacial score (nSPS) is 20.7. The first-order valence-electron chi connectivity index (χ1n) is 9.31. The zero-order chi connectivity index (χ0) is 21.0. The van der Waals surface area contributed by atoms with E-state index >= 15 is 0 Å². The van der Waals surface area contributed by atoms with E-state index in [1.165, 1.54) is 17.9 Å². The van der Waals surface area contributed by atoms with Crippen LogP contribution in [0.1, 0.15) is 23.8 Å². The van der Waals surface area contributed by atoms with E-state index in [-0.39, 0.29) is 28.8 Å². The van der Waals surface area contributed by atoms with Gasteiger partial charge in [-0.1, -0.05) is 6.07 Å². The molecule has 2 aromatic rings. The number of nitrogens with two attached hydrogens (primary N) is 2. The Hall–Kier alpha value is -3.33. The predicted molar refractivity (Wildman–Crippen MR) is 111 cm³/mol. The lowest BCUT2D eigenvalue weighted by atomic mass is 10.0. The highest BCUT2D eigenvalue weighted by molar-refractivity contribution is 5.94. The quantitative estimate of drug-likeness (QED) is 0.490. The van der Waals surface area contributed by atoms with Gasteiger partial charge in [-0.25, -0.2) is 4.68 Å². The predicted octanol–water partition coefficient (Wildman–Crippen LogP) is 0.973. The van der Waals surface area contributed by atoms with Gasteiger partial charge in [-0.05, 0) is 44.7 Å². The van der Waals surface area contributed by atoms with E-state index in [0.717, 1.165) is 19.5 Å². The van der Waals surface area contributed by atoms with Crippen molar-refractivity contribution in [2.75, 3.05) is 27.2 Å².